The molecule has 0 saturated carbocycles. The molecule has 0 atom stereocenters. The number of aromatic nitrogens is 4. The Hall–Kier alpha value is -1.93. The van der Waals surface area contributed by atoms with Gasteiger partial charge >= 0.3 is 0 Å². The molecule has 134 valence electrons. The number of hydrogen-bond donors (Lipinski definition) is 1. The number of fused-ring (bicyclic) bond motifs is 1. The molecule has 1 N–H and O–H groups in total. The van der Waals surface area contributed by atoms with Gasteiger partial charge in [0, 0.05) is 19.6 Å². The van der Waals surface area contributed by atoms with Crippen molar-refractivity contribution in [2.24, 2.45) is 0 Å². The summed E-state index contributed by atoms with van der Waals surface area (Å²) < 4.78 is 1.60. The first-order valence-electron chi connectivity index (χ1n) is 8.56. The normalized spacial score (nSPS) is 14.3. The molecule has 1 aromatic carbocycles. The molecule has 25 heavy (non-hydrogen) atoms. The molecule has 1 aliphatic rings. The second-order valence-corrected chi connectivity index (χ2v) is 7.16. The van der Waals surface area contributed by atoms with E-state index >= 15 is 0 Å². The van der Waals surface area contributed by atoms with E-state index in [1.807, 2.05) is 0 Å². The van der Waals surface area contributed by atoms with Gasteiger partial charge in [-0.1, -0.05) is 24.3 Å². The number of nitrogens with one attached hydrogen (secondary N) is 1. The van der Waals surface area contributed by atoms with Gasteiger partial charge < -0.3 is 5.32 Å². The van der Waals surface area contributed by atoms with Gasteiger partial charge in [-0.3, -0.25) is 9.69 Å². The maximum atomic E-state index is 12.0. The Morgan fingerprint density at radius 2 is 2.16 bits per heavy atom. The first-order chi connectivity index (χ1) is 12.3. The van der Waals surface area contributed by atoms with Gasteiger partial charge in [-0.15, -0.1) is 5.10 Å². The van der Waals surface area contributed by atoms with Crippen LogP contribution in [0.5, 0.6) is 0 Å². The lowest BCUT2D eigenvalue weighted by molar-refractivity contribution is -0.121. The van der Waals surface area contributed by atoms with E-state index in [0.29, 0.717) is 13.1 Å². The van der Waals surface area contributed by atoms with Crippen LogP contribution in [0.4, 0.5) is 0 Å². The summed E-state index contributed by atoms with van der Waals surface area (Å²) >= 11 is 1.78. The Balaban J connectivity index is 1.53. The summed E-state index contributed by atoms with van der Waals surface area (Å²) in [4.78, 5) is 14.4. The minimum atomic E-state index is -0.0429. The van der Waals surface area contributed by atoms with Crippen LogP contribution in [-0.4, -0.2) is 56.1 Å². The molecule has 2 aromatic rings. The zero-order chi connectivity index (χ0) is 17.5. The van der Waals surface area contributed by atoms with Gasteiger partial charge in [-0.05, 0) is 46.4 Å². The Kier molecular flexibility index (Phi) is 6.41. The highest BCUT2D eigenvalue weighted by Crippen LogP contribution is 2.19. The molecule has 0 fully saturated rings. The quantitative estimate of drug-likeness (QED) is 0.711. The maximum absolute atomic E-state index is 12.0. The summed E-state index contributed by atoms with van der Waals surface area (Å²) in [6.07, 6.45) is 4.07. The second kappa shape index (κ2) is 8.96. The van der Waals surface area contributed by atoms with Crippen LogP contribution in [0.15, 0.2) is 24.3 Å². The van der Waals surface area contributed by atoms with Crippen LogP contribution in [-0.2, 0) is 30.8 Å². The smallest absolute Gasteiger partial charge is 0.241 e. The van der Waals surface area contributed by atoms with Crippen molar-refractivity contribution < 1.29 is 4.79 Å². The summed E-state index contributed by atoms with van der Waals surface area (Å²) in [5.74, 6) is 1.74. The summed E-state index contributed by atoms with van der Waals surface area (Å²) in [5.41, 5.74) is 2.78. The van der Waals surface area contributed by atoms with Crippen molar-refractivity contribution in [2.75, 3.05) is 25.1 Å². The molecule has 2 heterocycles. The molecule has 0 unspecified atom stereocenters. The zero-order valence-corrected chi connectivity index (χ0v) is 15.3. The van der Waals surface area contributed by atoms with Crippen LogP contribution in [0, 0.1) is 0 Å². The van der Waals surface area contributed by atoms with Gasteiger partial charge in [-0.25, -0.2) is 4.68 Å². The summed E-state index contributed by atoms with van der Waals surface area (Å²) in [6.45, 7) is 3.39. The molecule has 0 bridgehead atoms. The number of carbonyl (C=O) groups is 1. The van der Waals surface area contributed by atoms with E-state index in [4.69, 9.17) is 0 Å². The molecule has 3 rings (SSSR count). The van der Waals surface area contributed by atoms with Crippen molar-refractivity contribution in [1.82, 2.24) is 30.4 Å². The first kappa shape index (κ1) is 17.9. The van der Waals surface area contributed by atoms with Gasteiger partial charge in [0.05, 0.1) is 6.54 Å². The molecule has 1 amide bonds. The van der Waals surface area contributed by atoms with Gasteiger partial charge in [0.1, 0.15) is 6.54 Å². The van der Waals surface area contributed by atoms with E-state index in [-0.39, 0.29) is 12.5 Å². The number of amides is 1. The molecule has 0 aliphatic carbocycles. The van der Waals surface area contributed by atoms with E-state index in [1.54, 1.807) is 16.4 Å². The number of carbonyl (C=O) groups excluding carboxylic acids is 1. The van der Waals surface area contributed by atoms with E-state index in [1.165, 1.54) is 11.1 Å². The lowest BCUT2D eigenvalue weighted by Gasteiger charge is -2.28. The van der Waals surface area contributed by atoms with Gasteiger partial charge in [-0.2, -0.15) is 11.8 Å². The van der Waals surface area contributed by atoms with Gasteiger partial charge in [0.25, 0.3) is 0 Å². The van der Waals surface area contributed by atoms with Crippen LogP contribution in [0.3, 0.4) is 0 Å². The Morgan fingerprint density at radius 3 is 3.00 bits per heavy atom. The van der Waals surface area contributed by atoms with Crippen molar-refractivity contribution in [3.63, 3.8) is 0 Å². The predicted octanol–water partition coefficient (Wildman–Crippen LogP) is 1.10. The van der Waals surface area contributed by atoms with Crippen LogP contribution in [0.1, 0.15) is 23.4 Å². The molecule has 1 aromatic heterocycles. The fourth-order valence-corrected chi connectivity index (χ4v) is 3.42. The van der Waals surface area contributed by atoms with Crippen molar-refractivity contribution in [1.29, 1.82) is 0 Å². The Bertz CT molecular complexity index is 704. The molecule has 1 aliphatic heterocycles. The predicted molar refractivity (Wildman–Crippen MR) is 98.1 cm³/mol. The maximum Gasteiger partial charge on any atom is 0.241 e. The van der Waals surface area contributed by atoms with E-state index in [9.17, 15) is 4.79 Å². The number of hydrogen-bond acceptors (Lipinski definition) is 6. The number of rotatable bonds is 8. The largest absolute Gasteiger partial charge is 0.354 e. The molecule has 8 heteroatoms. The van der Waals surface area contributed by atoms with Crippen LogP contribution >= 0.6 is 11.8 Å². The first-order valence-corrected chi connectivity index (χ1v) is 9.95. The SMILES string of the molecule is CSCCCNC(=O)Cn1nnnc1CN1CCc2ccccc2C1. The number of nitrogens with zero attached hydrogens (tertiary/aromatic N) is 5. The Morgan fingerprint density at radius 1 is 1.32 bits per heavy atom. The third-order valence-electron chi connectivity index (χ3n) is 4.32. The highest BCUT2D eigenvalue weighted by Gasteiger charge is 2.19. The highest BCUT2D eigenvalue weighted by atomic mass is 32.2. The highest BCUT2D eigenvalue weighted by molar-refractivity contribution is 7.98. The molecule has 0 saturated heterocycles. The van der Waals surface area contributed by atoms with Gasteiger partial charge in [0.2, 0.25) is 5.91 Å². The average Bonchev–Trinajstić information content (AvgIpc) is 3.05. The van der Waals surface area contributed by atoms with Crippen LogP contribution in [0.25, 0.3) is 0 Å². The zero-order valence-electron chi connectivity index (χ0n) is 14.5. The lowest BCUT2D eigenvalue weighted by atomic mass is 10.00. The monoisotopic (exact) mass is 360 g/mol. The minimum absolute atomic E-state index is 0.0429. The molecule has 7 nitrogen and oxygen atoms in total. The summed E-state index contributed by atoms with van der Waals surface area (Å²) in [6, 6.07) is 8.53. The number of tetrazole rings is 1. The van der Waals surface area contributed by atoms with Crippen molar-refractivity contribution in [3.8, 4) is 0 Å². The van der Waals surface area contributed by atoms with Gasteiger partial charge in [0.15, 0.2) is 5.82 Å². The molecule has 0 radical (unpaired) electrons. The molecular formula is C17H24N6OS. The van der Waals surface area contributed by atoms with E-state index < -0.39 is 0 Å². The topological polar surface area (TPSA) is 75.9 Å². The third-order valence-corrected chi connectivity index (χ3v) is 5.02. The standard InChI is InChI=1S/C17H24N6OS/c1-25-10-4-8-18-17(24)13-23-16(19-20-21-23)12-22-9-7-14-5-2-3-6-15(14)11-22/h2-3,5-6H,4,7-13H2,1H3,(H,18,24). The van der Waals surface area contributed by atoms with Crippen molar-refractivity contribution in [3.05, 3.63) is 41.2 Å². The second-order valence-electron chi connectivity index (χ2n) is 6.18. The lowest BCUT2D eigenvalue weighted by Crippen LogP contribution is -2.33. The minimum Gasteiger partial charge on any atom is -0.354 e. The fraction of sp³-hybridized carbons (Fsp3) is 0.529. The molecular weight excluding hydrogens is 336 g/mol. The van der Waals surface area contributed by atoms with E-state index in [0.717, 1.165) is 37.5 Å². The summed E-state index contributed by atoms with van der Waals surface area (Å²) in [7, 11) is 0. The van der Waals surface area contributed by atoms with Crippen LogP contribution in [0.2, 0.25) is 0 Å². The fourth-order valence-electron chi connectivity index (χ4n) is 2.98. The third kappa shape index (κ3) is 5.02. The number of thioether (sulfide) groups is 1. The van der Waals surface area contributed by atoms with Crippen molar-refractivity contribution >= 4 is 17.7 Å². The number of benzene rings is 1. The van der Waals surface area contributed by atoms with E-state index in [2.05, 4.69) is 56.3 Å². The van der Waals surface area contributed by atoms with Crippen LogP contribution < -0.4 is 5.32 Å². The summed E-state index contributed by atoms with van der Waals surface area (Å²) in [5, 5.41) is 14.7. The molecule has 0 spiro atoms. The Labute approximate surface area is 152 Å². The van der Waals surface area contributed by atoms with Crippen molar-refractivity contribution in [2.45, 2.75) is 32.5 Å². The average molecular weight is 360 g/mol.